The Bertz CT molecular complexity index is 824. The van der Waals surface area contributed by atoms with Gasteiger partial charge in [0.1, 0.15) is 0 Å². The number of anilines is 1. The summed E-state index contributed by atoms with van der Waals surface area (Å²) in [7, 11) is 0. The van der Waals surface area contributed by atoms with Gasteiger partial charge < -0.3 is 5.32 Å². The van der Waals surface area contributed by atoms with Crippen LogP contribution in [-0.2, 0) is 14.4 Å². The van der Waals surface area contributed by atoms with Gasteiger partial charge in [-0.2, -0.15) is 0 Å². The Morgan fingerprint density at radius 1 is 1.03 bits per heavy atom. The van der Waals surface area contributed by atoms with E-state index in [4.69, 9.17) is 0 Å². The molecule has 188 valence electrons. The van der Waals surface area contributed by atoms with Gasteiger partial charge in [-0.15, -0.1) is 0 Å². The van der Waals surface area contributed by atoms with Crippen LogP contribution < -0.4 is 10.8 Å². The topological polar surface area (TPSA) is 95.5 Å². The van der Waals surface area contributed by atoms with Crippen LogP contribution in [-0.4, -0.2) is 46.5 Å². The van der Waals surface area contributed by atoms with E-state index in [1.54, 1.807) is 5.48 Å². The van der Waals surface area contributed by atoms with Crippen molar-refractivity contribution in [1.29, 1.82) is 0 Å². The second-order valence-electron chi connectivity index (χ2n) is 10.3. The number of nitrogens with zero attached hydrogens (tertiary/aromatic N) is 1. The van der Waals surface area contributed by atoms with Crippen molar-refractivity contribution < 1.29 is 24.1 Å². The molecule has 1 aromatic carbocycles. The molecule has 2 atom stereocenters. The van der Waals surface area contributed by atoms with E-state index in [0.29, 0.717) is 19.4 Å². The van der Waals surface area contributed by atoms with Crippen molar-refractivity contribution >= 4 is 23.4 Å². The molecule has 1 heterocycles. The van der Waals surface area contributed by atoms with Crippen LogP contribution in [0.25, 0.3) is 0 Å². The van der Waals surface area contributed by atoms with Crippen LogP contribution in [0.3, 0.4) is 0 Å². The number of carbonyl (C=O) groups excluding carboxylic acids is 3. The second kappa shape index (κ2) is 12.5. The van der Waals surface area contributed by atoms with Crippen molar-refractivity contribution in [2.75, 3.05) is 18.4 Å². The van der Waals surface area contributed by atoms with Gasteiger partial charge in [0.05, 0.1) is 18.0 Å². The van der Waals surface area contributed by atoms with Crippen LogP contribution in [0, 0.1) is 5.41 Å². The van der Waals surface area contributed by atoms with Crippen molar-refractivity contribution in [2.24, 2.45) is 5.41 Å². The predicted molar refractivity (Wildman–Crippen MR) is 132 cm³/mol. The number of benzene rings is 1. The van der Waals surface area contributed by atoms with Gasteiger partial charge in [-0.1, -0.05) is 63.6 Å². The minimum absolute atomic E-state index is 0.0108. The SMILES string of the molecule is CCCCCCCC1(CC(=O)NO)CC[N+](CC(=O)Nc2ccccc2)(C2CCCCC2)C1=O. The number of unbranched alkanes of at least 4 members (excludes halogenated alkanes) is 4. The lowest BCUT2D eigenvalue weighted by Gasteiger charge is -2.42. The zero-order valence-electron chi connectivity index (χ0n) is 20.7. The molecule has 7 nitrogen and oxygen atoms in total. The molecule has 0 aromatic heterocycles. The molecule has 0 spiro atoms. The van der Waals surface area contributed by atoms with Crippen molar-refractivity contribution in [1.82, 2.24) is 5.48 Å². The van der Waals surface area contributed by atoms with E-state index in [1.165, 1.54) is 6.42 Å². The maximum atomic E-state index is 14.3. The number of carbonyl (C=O) groups is 3. The van der Waals surface area contributed by atoms with E-state index in [1.807, 2.05) is 30.3 Å². The standard InChI is InChI=1S/C27H41N3O4/c1-2-3-4-5-12-17-27(20-24(31)29-34)18-19-30(26(27)33,23-15-10-7-11-16-23)21-25(32)28-22-13-8-6-9-14-22/h6,8-9,13-14,23H,2-5,7,10-12,15-21H2,1H3,(H2-,28,29,31,32,34)/p+1. The number of hydrogen-bond acceptors (Lipinski definition) is 4. The van der Waals surface area contributed by atoms with Gasteiger partial charge in [0, 0.05) is 18.5 Å². The number of likely N-dealkylation sites (tertiary alicyclic amines) is 1. The Labute approximate surface area is 203 Å². The minimum Gasteiger partial charge on any atom is -0.321 e. The normalized spacial score (nSPS) is 25.3. The first-order valence-electron chi connectivity index (χ1n) is 13.2. The Morgan fingerprint density at radius 3 is 2.41 bits per heavy atom. The number of amides is 3. The van der Waals surface area contributed by atoms with Crippen LogP contribution >= 0.6 is 0 Å². The largest absolute Gasteiger partial charge is 0.321 e. The monoisotopic (exact) mass is 472 g/mol. The lowest BCUT2D eigenvalue weighted by Crippen LogP contribution is -2.62. The van der Waals surface area contributed by atoms with E-state index in [-0.39, 0.29) is 35.3 Å². The predicted octanol–water partition coefficient (Wildman–Crippen LogP) is 4.95. The highest BCUT2D eigenvalue weighted by Gasteiger charge is 2.61. The molecule has 2 unspecified atom stereocenters. The first-order valence-corrected chi connectivity index (χ1v) is 13.2. The molecule has 34 heavy (non-hydrogen) atoms. The Balaban J connectivity index is 1.84. The van der Waals surface area contributed by atoms with E-state index in [9.17, 15) is 19.6 Å². The lowest BCUT2D eigenvalue weighted by molar-refractivity contribution is -0.866. The summed E-state index contributed by atoms with van der Waals surface area (Å²) < 4.78 is 0.145. The third-order valence-electron chi connectivity index (χ3n) is 7.99. The van der Waals surface area contributed by atoms with Gasteiger partial charge in [0.15, 0.2) is 6.54 Å². The van der Waals surface area contributed by atoms with E-state index >= 15 is 0 Å². The van der Waals surface area contributed by atoms with Gasteiger partial charge in [-0.3, -0.25) is 14.8 Å². The summed E-state index contributed by atoms with van der Waals surface area (Å²) in [5.41, 5.74) is 1.66. The molecule has 1 aliphatic carbocycles. The molecule has 1 saturated heterocycles. The van der Waals surface area contributed by atoms with Crippen LogP contribution in [0.4, 0.5) is 5.69 Å². The summed E-state index contributed by atoms with van der Waals surface area (Å²) in [4.78, 5) is 39.8. The maximum absolute atomic E-state index is 14.3. The average molecular weight is 473 g/mol. The molecule has 3 N–H and O–H groups in total. The van der Waals surface area contributed by atoms with Gasteiger partial charge in [-0.25, -0.2) is 14.8 Å². The number of rotatable bonds is 12. The van der Waals surface area contributed by atoms with E-state index < -0.39 is 11.3 Å². The highest BCUT2D eigenvalue weighted by Crippen LogP contribution is 2.47. The molecule has 7 heteroatoms. The smallest absolute Gasteiger partial charge is 0.321 e. The van der Waals surface area contributed by atoms with Crippen LogP contribution in [0.1, 0.15) is 90.4 Å². The average Bonchev–Trinajstić information content (AvgIpc) is 3.12. The third-order valence-corrected chi connectivity index (χ3v) is 7.99. The van der Waals surface area contributed by atoms with Crippen molar-refractivity contribution in [2.45, 2.75) is 96.4 Å². The quantitative estimate of drug-likeness (QED) is 0.174. The van der Waals surface area contributed by atoms with Crippen LogP contribution in [0.5, 0.6) is 0 Å². The molecule has 3 amide bonds. The second-order valence-corrected chi connectivity index (χ2v) is 10.3. The van der Waals surface area contributed by atoms with E-state index in [2.05, 4.69) is 12.2 Å². The number of para-hydroxylation sites is 1. The lowest BCUT2D eigenvalue weighted by atomic mass is 9.77. The number of hydrogen-bond donors (Lipinski definition) is 3. The molecule has 1 saturated carbocycles. The molecule has 3 rings (SSSR count). The molecular weight excluding hydrogens is 430 g/mol. The molecular formula is C27H42N3O4+. The van der Waals surface area contributed by atoms with Crippen LogP contribution in [0.2, 0.25) is 0 Å². The molecule has 0 radical (unpaired) electrons. The summed E-state index contributed by atoms with van der Waals surface area (Å²) in [6, 6.07) is 9.46. The Hall–Kier alpha value is -2.25. The number of hydroxylamine groups is 1. The molecule has 2 aliphatic rings. The van der Waals surface area contributed by atoms with Gasteiger partial charge in [0.25, 0.3) is 5.91 Å². The Morgan fingerprint density at radius 2 is 1.74 bits per heavy atom. The Kier molecular flexibility index (Phi) is 9.65. The zero-order chi connectivity index (χ0) is 24.4. The van der Waals surface area contributed by atoms with Crippen LogP contribution in [0.15, 0.2) is 30.3 Å². The van der Waals surface area contributed by atoms with Crippen molar-refractivity contribution in [3.8, 4) is 0 Å². The maximum Gasteiger partial charge on any atom is 0.321 e. The van der Waals surface area contributed by atoms with Gasteiger partial charge >= 0.3 is 5.91 Å². The van der Waals surface area contributed by atoms with Crippen molar-refractivity contribution in [3.63, 3.8) is 0 Å². The van der Waals surface area contributed by atoms with E-state index in [0.717, 1.165) is 63.5 Å². The molecule has 1 aliphatic heterocycles. The number of quaternary nitrogens is 1. The highest BCUT2D eigenvalue weighted by molar-refractivity contribution is 5.94. The summed E-state index contributed by atoms with van der Waals surface area (Å²) in [5.74, 6) is -0.642. The summed E-state index contributed by atoms with van der Waals surface area (Å²) in [6.07, 6.45) is 11.7. The third kappa shape index (κ3) is 6.25. The molecule has 1 aromatic rings. The van der Waals surface area contributed by atoms with Gasteiger partial charge in [0.2, 0.25) is 5.91 Å². The van der Waals surface area contributed by atoms with Crippen molar-refractivity contribution in [3.05, 3.63) is 30.3 Å². The number of nitrogens with one attached hydrogen (secondary N) is 2. The summed E-state index contributed by atoms with van der Waals surface area (Å²) >= 11 is 0. The fourth-order valence-corrected chi connectivity index (χ4v) is 6.17. The first kappa shape index (κ1) is 26.4. The highest BCUT2D eigenvalue weighted by atomic mass is 16.5. The van der Waals surface area contributed by atoms with Gasteiger partial charge in [-0.05, 0) is 44.2 Å². The molecule has 0 bridgehead atoms. The fraction of sp³-hybridized carbons (Fsp3) is 0.667. The summed E-state index contributed by atoms with van der Waals surface area (Å²) in [6.45, 7) is 2.86. The minimum atomic E-state index is -0.816. The zero-order valence-corrected chi connectivity index (χ0v) is 20.7. The first-order chi connectivity index (χ1) is 16.5. The molecule has 2 fully saturated rings. The summed E-state index contributed by atoms with van der Waals surface area (Å²) in [5, 5.41) is 12.2. The fourth-order valence-electron chi connectivity index (χ4n) is 6.17.